The highest BCUT2D eigenvalue weighted by Gasteiger charge is 2.18. The molecule has 0 aliphatic carbocycles. The van der Waals surface area contributed by atoms with Crippen molar-refractivity contribution in [2.45, 2.75) is 17.9 Å². The highest BCUT2D eigenvalue weighted by Crippen LogP contribution is 2.41. The van der Waals surface area contributed by atoms with Crippen molar-refractivity contribution in [3.8, 4) is 10.8 Å². The van der Waals surface area contributed by atoms with Gasteiger partial charge in [0, 0.05) is 33.0 Å². The first-order valence-electron chi connectivity index (χ1n) is 8.20. The Kier molecular flexibility index (Phi) is 4.47. The van der Waals surface area contributed by atoms with Gasteiger partial charge in [0.2, 0.25) is 0 Å². The van der Waals surface area contributed by atoms with Crippen LogP contribution in [0.15, 0.2) is 50.1 Å². The average molecular weight is 447 g/mol. The zero-order valence-electron chi connectivity index (χ0n) is 14.4. The van der Waals surface area contributed by atoms with Gasteiger partial charge >= 0.3 is 0 Å². The summed E-state index contributed by atoms with van der Waals surface area (Å²) < 4.78 is 8.45. The van der Waals surface area contributed by atoms with Crippen molar-refractivity contribution in [2.75, 3.05) is 0 Å². The number of thiophene rings is 1. The lowest BCUT2D eigenvalue weighted by molar-refractivity contribution is 0.466. The van der Waals surface area contributed by atoms with Gasteiger partial charge in [0.25, 0.3) is 16.7 Å². The number of benzene rings is 1. The van der Waals surface area contributed by atoms with E-state index in [1.165, 1.54) is 34.4 Å². The number of fused-ring (bicyclic) bond motifs is 2. The summed E-state index contributed by atoms with van der Waals surface area (Å²) in [6.07, 6.45) is 0. The molecule has 0 spiro atoms. The molecular formula is C18H11ClN4O2S3. The van der Waals surface area contributed by atoms with Crippen LogP contribution in [-0.2, 0) is 5.75 Å². The second kappa shape index (κ2) is 7.00. The van der Waals surface area contributed by atoms with E-state index in [4.69, 9.17) is 16.0 Å². The maximum Gasteiger partial charge on any atom is 0.277 e. The van der Waals surface area contributed by atoms with Gasteiger partial charge in [0.1, 0.15) is 4.88 Å². The number of aryl methyl sites for hydroxylation is 1. The van der Waals surface area contributed by atoms with Crippen LogP contribution in [0, 0.1) is 6.92 Å². The van der Waals surface area contributed by atoms with E-state index in [9.17, 15) is 4.79 Å². The summed E-state index contributed by atoms with van der Waals surface area (Å²) in [7, 11) is 0. The van der Waals surface area contributed by atoms with Crippen molar-refractivity contribution < 1.29 is 4.42 Å². The van der Waals surface area contributed by atoms with Crippen LogP contribution in [0.25, 0.3) is 25.8 Å². The Morgan fingerprint density at radius 1 is 1.29 bits per heavy atom. The molecule has 5 rings (SSSR count). The molecule has 6 nitrogen and oxygen atoms in total. The minimum atomic E-state index is -0.0809. The molecule has 140 valence electrons. The molecular weight excluding hydrogens is 436 g/mol. The average Bonchev–Trinajstić information content (AvgIpc) is 3.39. The Morgan fingerprint density at radius 3 is 3.00 bits per heavy atom. The molecule has 0 unspecified atom stereocenters. The minimum Gasteiger partial charge on any atom is -0.410 e. The molecule has 0 N–H and O–H groups in total. The van der Waals surface area contributed by atoms with Gasteiger partial charge in [-0.2, -0.15) is 0 Å². The summed E-state index contributed by atoms with van der Waals surface area (Å²) in [4.78, 5) is 18.2. The number of rotatable bonds is 4. The fourth-order valence-electron chi connectivity index (χ4n) is 2.82. The number of thiazole rings is 1. The monoisotopic (exact) mass is 446 g/mol. The third-order valence-electron chi connectivity index (χ3n) is 4.11. The van der Waals surface area contributed by atoms with Crippen molar-refractivity contribution in [3.63, 3.8) is 0 Å². The Bertz CT molecular complexity index is 1380. The Morgan fingerprint density at radius 2 is 2.14 bits per heavy atom. The topological polar surface area (TPSA) is 73.3 Å². The van der Waals surface area contributed by atoms with Crippen LogP contribution in [-0.4, -0.2) is 19.6 Å². The Balaban J connectivity index is 1.39. The smallest absolute Gasteiger partial charge is 0.277 e. The zero-order valence-corrected chi connectivity index (χ0v) is 17.6. The predicted octanol–water partition coefficient (Wildman–Crippen LogP) is 5.27. The second-order valence-corrected chi connectivity index (χ2v) is 9.18. The first kappa shape index (κ1) is 17.9. The van der Waals surface area contributed by atoms with Gasteiger partial charge in [0.15, 0.2) is 4.96 Å². The van der Waals surface area contributed by atoms with Crippen molar-refractivity contribution in [3.05, 3.63) is 62.5 Å². The first-order valence-corrected chi connectivity index (χ1v) is 11.3. The normalized spacial score (nSPS) is 11.6. The molecule has 0 atom stereocenters. The maximum atomic E-state index is 12.3. The van der Waals surface area contributed by atoms with Gasteiger partial charge in [0.05, 0.1) is 10.7 Å². The SMILES string of the molecule is Cc1csc2nc(CSc3nnc(-c4sc5ccccc5c4Cl)o3)cc(=O)n12. The van der Waals surface area contributed by atoms with Crippen molar-refractivity contribution in [1.82, 2.24) is 19.6 Å². The molecule has 0 radical (unpaired) electrons. The van der Waals surface area contributed by atoms with E-state index in [2.05, 4.69) is 15.2 Å². The van der Waals surface area contributed by atoms with Gasteiger partial charge in [-0.25, -0.2) is 4.98 Å². The van der Waals surface area contributed by atoms with Crippen LogP contribution >= 0.6 is 46.0 Å². The van der Waals surface area contributed by atoms with Crippen LogP contribution in [0.3, 0.4) is 0 Å². The molecule has 28 heavy (non-hydrogen) atoms. The van der Waals surface area contributed by atoms with Crippen LogP contribution in [0.5, 0.6) is 0 Å². The largest absolute Gasteiger partial charge is 0.410 e. The standard InChI is InChI=1S/C18H11ClN4O2S3/c1-9-7-26-17-20-10(6-13(24)23(9)17)8-27-18-22-21-16(25-18)15-14(19)11-4-2-3-5-12(11)28-15/h2-7H,8H2,1H3. The van der Waals surface area contributed by atoms with E-state index in [1.807, 2.05) is 36.6 Å². The fraction of sp³-hybridized carbons (Fsp3) is 0.111. The van der Waals surface area contributed by atoms with Crippen molar-refractivity contribution in [2.24, 2.45) is 0 Å². The van der Waals surface area contributed by atoms with E-state index >= 15 is 0 Å². The summed E-state index contributed by atoms with van der Waals surface area (Å²) in [5, 5.41) is 12.1. The molecule has 0 aliphatic rings. The Hall–Kier alpha value is -2.20. The van der Waals surface area contributed by atoms with Crippen molar-refractivity contribution >= 4 is 61.1 Å². The summed E-state index contributed by atoms with van der Waals surface area (Å²) >= 11 is 10.8. The molecule has 0 bridgehead atoms. The number of aromatic nitrogens is 4. The van der Waals surface area contributed by atoms with Gasteiger partial charge in [-0.15, -0.1) is 32.9 Å². The van der Waals surface area contributed by atoms with Gasteiger partial charge in [-0.1, -0.05) is 41.6 Å². The summed E-state index contributed by atoms with van der Waals surface area (Å²) in [6.45, 7) is 1.89. The van der Waals surface area contributed by atoms with Crippen LogP contribution < -0.4 is 5.56 Å². The lowest BCUT2D eigenvalue weighted by atomic mass is 10.2. The van der Waals surface area contributed by atoms with E-state index in [1.54, 1.807) is 10.5 Å². The fourth-order valence-corrected chi connectivity index (χ4v) is 5.80. The zero-order chi connectivity index (χ0) is 19.3. The minimum absolute atomic E-state index is 0.0809. The number of thioether (sulfide) groups is 1. The van der Waals surface area contributed by atoms with Crippen molar-refractivity contribution in [1.29, 1.82) is 0 Å². The van der Waals surface area contributed by atoms with Gasteiger partial charge in [-0.05, 0) is 13.0 Å². The lowest BCUT2D eigenvalue weighted by Crippen LogP contribution is -2.14. The quantitative estimate of drug-likeness (QED) is 0.350. The molecule has 5 aromatic rings. The second-order valence-electron chi connectivity index (χ2n) is 5.98. The number of nitrogens with zero attached hydrogens (tertiary/aromatic N) is 4. The lowest BCUT2D eigenvalue weighted by Gasteiger charge is -1.99. The molecule has 4 heterocycles. The molecule has 0 fully saturated rings. The van der Waals surface area contributed by atoms with Crippen LogP contribution in [0.4, 0.5) is 0 Å². The summed E-state index contributed by atoms with van der Waals surface area (Å²) in [6, 6.07) is 9.43. The van der Waals surface area contributed by atoms with E-state index in [-0.39, 0.29) is 5.56 Å². The third-order valence-corrected chi connectivity index (χ3v) is 7.57. The molecule has 4 aromatic heterocycles. The van der Waals surface area contributed by atoms with E-state index in [0.717, 1.165) is 20.7 Å². The maximum absolute atomic E-state index is 12.3. The molecule has 1 aromatic carbocycles. The molecule has 0 amide bonds. The van der Waals surface area contributed by atoms with Gasteiger partial charge < -0.3 is 4.42 Å². The number of hydrogen-bond acceptors (Lipinski definition) is 8. The Labute approximate surface area is 175 Å². The predicted molar refractivity (Wildman–Crippen MR) is 114 cm³/mol. The van der Waals surface area contributed by atoms with Gasteiger partial charge in [-0.3, -0.25) is 9.20 Å². The molecule has 0 aliphatic heterocycles. The third kappa shape index (κ3) is 3.04. The van der Waals surface area contributed by atoms with Crippen LogP contribution in [0.1, 0.15) is 11.4 Å². The molecule has 0 saturated heterocycles. The number of hydrogen-bond donors (Lipinski definition) is 0. The summed E-state index contributed by atoms with van der Waals surface area (Å²) in [5.74, 6) is 0.857. The molecule has 10 heteroatoms. The van der Waals surface area contributed by atoms with E-state index < -0.39 is 0 Å². The first-order chi connectivity index (χ1) is 13.6. The van der Waals surface area contributed by atoms with Crippen LogP contribution in [0.2, 0.25) is 5.02 Å². The van der Waals surface area contributed by atoms with E-state index in [0.29, 0.717) is 32.5 Å². The molecule has 0 saturated carbocycles. The summed E-state index contributed by atoms with van der Waals surface area (Å²) in [5.41, 5.74) is 1.48. The number of halogens is 1. The highest BCUT2D eigenvalue weighted by atomic mass is 35.5. The highest BCUT2D eigenvalue weighted by molar-refractivity contribution is 7.98.